The van der Waals surface area contributed by atoms with Gasteiger partial charge >= 0.3 is 0 Å². The lowest BCUT2D eigenvalue weighted by atomic mass is 9.94. The fourth-order valence-electron chi connectivity index (χ4n) is 4.53. The Morgan fingerprint density at radius 1 is 1.14 bits per heavy atom. The average molecular weight is 384 g/mol. The average Bonchev–Trinajstić information content (AvgIpc) is 2.95. The third-order valence-corrected chi connectivity index (χ3v) is 6.60. The molecule has 8 nitrogen and oxygen atoms in total. The maximum Gasteiger partial charge on any atom is 0.229 e. The summed E-state index contributed by atoms with van der Waals surface area (Å²) < 4.78 is 1.97. The first-order valence-electron chi connectivity index (χ1n) is 10.3. The molecule has 0 aromatic carbocycles. The Hall–Kier alpha value is -2.19. The first-order valence-corrected chi connectivity index (χ1v) is 10.3. The van der Waals surface area contributed by atoms with Crippen molar-refractivity contribution < 1.29 is 4.79 Å². The molecule has 28 heavy (non-hydrogen) atoms. The second kappa shape index (κ2) is 6.70. The molecule has 0 radical (unpaired) electrons. The van der Waals surface area contributed by atoms with Gasteiger partial charge in [-0.3, -0.25) is 4.79 Å². The topological polar surface area (TPSA) is 60.2 Å². The summed E-state index contributed by atoms with van der Waals surface area (Å²) in [6.07, 6.45) is 3.77. The lowest BCUT2D eigenvalue weighted by molar-refractivity contribution is -0.143. The number of fused-ring (bicyclic) bond motifs is 2. The number of amides is 1. The van der Waals surface area contributed by atoms with Gasteiger partial charge in [0.1, 0.15) is 5.82 Å². The number of likely N-dealkylation sites (tertiary alicyclic amines) is 1. The predicted molar refractivity (Wildman–Crippen MR) is 108 cm³/mol. The Balaban J connectivity index is 1.35. The van der Waals surface area contributed by atoms with Crippen molar-refractivity contribution in [3.8, 4) is 0 Å². The highest BCUT2D eigenvalue weighted by molar-refractivity contribution is 5.83. The standard InChI is InChI=1S/C20H29N7O/c1-23(2)15-12-26(13-15)20(28)14-10-25(11-14)19-16-5-8-24(3)9-6-17(16)22-18-4-7-21-27(18)19/h4,7,14-15H,5-6,8-13H2,1-3H3. The van der Waals surface area contributed by atoms with E-state index in [1.165, 1.54) is 11.3 Å². The molecule has 0 N–H and O–H groups in total. The summed E-state index contributed by atoms with van der Waals surface area (Å²) in [6.45, 7) is 5.36. The monoisotopic (exact) mass is 383 g/mol. The maximum atomic E-state index is 12.8. The molecule has 1 amide bonds. The molecule has 2 saturated heterocycles. The summed E-state index contributed by atoms with van der Waals surface area (Å²) in [6, 6.07) is 2.49. The number of nitrogens with zero attached hydrogens (tertiary/aromatic N) is 7. The van der Waals surface area contributed by atoms with E-state index in [0.29, 0.717) is 11.9 Å². The Kier molecular flexibility index (Phi) is 4.28. The molecule has 3 aliphatic rings. The van der Waals surface area contributed by atoms with E-state index in [0.717, 1.165) is 63.6 Å². The minimum atomic E-state index is 0.103. The molecule has 0 unspecified atom stereocenters. The summed E-state index contributed by atoms with van der Waals surface area (Å²) in [5, 5.41) is 4.54. The van der Waals surface area contributed by atoms with Crippen LogP contribution in [0.3, 0.4) is 0 Å². The van der Waals surface area contributed by atoms with Crippen LogP contribution in [0, 0.1) is 5.92 Å². The third kappa shape index (κ3) is 2.86. The predicted octanol–water partition coefficient (Wildman–Crippen LogP) is -0.0317. The molecule has 5 heterocycles. The fraction of sp³-hybridized carbons (Fsp3) is 0.650. The summed E-state index contributed by atoms with van der Waals surface area (Å²) in [4.78, 5) is 26.6. The molecule has 0 atom stereocenters. The molecule has 5 rings (SSSR count). The zero-order valence-electron chi connectivity index (χ0n) is 17.0. The summed E-state index contributed by atoms with van der Waals surface area (Å²) in [5.41, 5.74) is 3.41. The number of rotatable bonds is 3. The van der Waals surface area contributed by atoms with Crippen molar-refractivity contribution in [3.63, 3.8) is 0 Å². The molecule has 0 saturated carbocycles. The van der Waals surface area contributed by atoms with Gasteiger partial charge in [0.2, 0.25) is 5.91 Å². The lowest BCUT2D eigenvalue weighted by Gasteiger charge is -2.48. The fourth-order valence-corrected chi connectivity index (χ4v) is 4.53. The summed E-state index contributed by atoms with van der Waals surface area (Å²) in [7, 11) is 6.34. The van der Waals surface area contributed by atoms with Crippen molar-refractivity contribution in [2.24, 2.45) is 5.92 Å². The van der Waals surface area contributed by atoms with Gasteiger partial charge in [0.25, 0.3) is 0 Å². The van der Waals surface area contributed by atoms with Crippen molar-refractivity contribution >= 4 is 17.4 Å². The van der Waals surface area contributed by atoms with Gasteiger partial charge in [-0.15, -0.1) is 0 Å². The van der Waals surface area contributed by atoms with Crippen molar-refractivity contribution in [3.05, 3.63) is 23.5 Å². The van der Waals surface area contributed by atoms with Gasteiger partial charge in [-0.2, -0.15) is 9.61 Å². The van der Waals surface area contributed by atoms with E-state index < -0.39 is 0 Å². The quantitative estimate of drug-likeness (QED) is 0.742. The Labute approximate surface area is 165 Å². The molecule has 8 heteroatoms. The van der Waals surface area contributed by atoms with Crippen LogP contribution in [0.1, 0.15) is 11.3 Å². The molecular formula is C20H29N7O. The summed E-state index contributed by atoms with van der Waals surface area (Å²) >= 11 is 0. The minimum absolute atomic E-state index is 0.103. The van der Waals surface area contributed by atoms with E-state index in [1.807, 2.05) is 21.7 Å². The second-order valence-corrected chi connectivity index (χ2v) is 8.73. The van der Waals surface area contributed by atoms with E-state index in [4.69, 9.17) is 4.98 Å². The number of likely N-dealkylation sites (N-methyl/N-ethyl adjacent to an activating group) is 2. The highest BCUT2D eigenvalue weighted by atomic mass is 16.2. The Morgan fingerprint density at radius 2 is 1.89 bits per heavy atom. The van der Waals surface area contributed by atoms with Crippen LogP contribution in [0.5, 0.6) is 0 Å². The highest BCUT2D eigenvalue weighted by Crippen LogP contribution is 2.33. The maximum absolute atomic E-state index is 12.8. The SMILES string of the molecule is CN1CCc2nc3ccnn3c(N3CC(C(=O)N4CC(N(C)C)C4)C3)c2CC1. The number of carbonyl (C=O) groups excluding carboxylic acids is 1. The van der Waals surface area contributed by atoms with E-state index in [-0.39, 0.29) is 5.92 Å². The van der Waals surface area contributed by atoms with E-state index in [2.05, 4.69) is 40.9 Å². The number of aromatic nitrogens is 3. The largest absolute Gasteiger partial charge is 0.354 e. The van der Waals surface area contributed by atoms with Crippen LogP contribution < -0.4 is 4.90 Å². The molecule has 2 aromatic rings. The Morgan fingerprint density at radius 3 is 2.64 bits per heavy atom. The smallest absolute Gasteiger partial charge is 0.229 e. The molecule has 0 bridgehead atoms. The molecule has 2 aromatic heterocycles. The number of hydrogen-bond donors (Lipinski definition) is 0. The zero-order chi connectivity index (χ0) is 19.4. The van der Waals surface area contributed by atoms with Gasteiger partial charge in [-0.25, -0.2) is 4.98 Å². The van der Waals surface area contributed by atoms with Crippen LogP contribution in [0.25, 0.3) is 5.65 Å². The van der Waals surface area contributed by atoms with E-state index >= 15 is 0 Å². The Bertz CT molecular complexity index is 895. The van der Waals surface area contributed by atoms with Gasteiger partial charge < -0.3 is 19.6 Å². The van der Waals surface area contributed by atoms with Crippen LogP contribution in [-0.4, -0.2) is 102 Å². The molecule has 2 fully saturated rings. The molecule has 3 aliphatic heterocycles. The van der Waals surface area contributed by atoms with Gasteiger partial charge in [-0.1, -0.05) is 0 Å². The van der Waals surface area contributed by atoms with Crippen molar-refractivity contribution in [2.75, 3.05) is 65.3 Å². The molecular weight excluding hydrogens is 354 g/mol. The minimum Gasteiger partial charge on any atom is -0.354 e. The van der Waals surface area contributed by atoms with Gasteiger partial charge in [0.15, 0.2) is 5.65 Å². The van der Waals surface area contributed by atoms with E-state index in [1.54, 1.807) is 0 Å². The van der Waals surface area contributed by atoms with Crippen molar-refractivity contribution in [1.82, 2.24) is 29.3 Å². The normalized spacial score (nSPS) is 21.6. The number of anilines is 1. The molecule has 0 spiro atoms. The van der Waals surface area contributed by atoms with Crippen LogP contribution in [0.15, 0.2) is 12.3 Å². The zero-order valence-corrected chi connectivity index (χ0v) is 17.0. The lowest BCUT2D eigenvalue weighted by Crippen LogP contribution is -2.64. The molecule has 150 valence electrons. The van der Waals surface area contributed by atoms with Gasteiger partial charge in [0.05, 0.1) is 17.8 Å². The van der Waals surface area contributed by atoms with Crippen LogP contribution in [0.4, 0.5) is 5.82 Å². The van der Waals surface area contributed by atoms with Gasteiger partial charge in [-0.05, 0) is 27.6 Å². The number of hydrogen-bond acceptors (Lipinski definition) is 6. The van der Waals surface area contributed by atoms with Crippen LogP contribution in [-0.2, 0) is 17.6 Å². The van der Waals surface area contributed by atoms with Crippen molar-refractivity contribution in [2.45, 2.75) is 18.9 Å². The van der Waals surface area contributed by atoms with Crippen LogP contribution >= 0.6 is 0 Å². The first kappa shape index (κ1) is 17.9. The number of carbonyl (C=O) groups is 1. The van der Waals surface area contributed by atoms with Crippen LogP contribution in [0.2, 0.25) is 0 Å². The third-order valence-electron chi connectivity index (χ3n) is 6.60. The van der Waals surface area contributed by atoms with E-state index in [9.17, 15) is 4.79 Å². The first-order chi connectivity index (χ1) is 13.5. The second-order valence-electron chi connectivity index (χ2n) is 8.73. The highest BCUT2D eigenvalue weighted by Gasteiger charge is 2.42. The van der Waals surface area contributed by atoms with Crippen molar-refractivity contribution in [1.29, 1.82) is 0 Å². The van der Waals surface area contributed by atoms with Gasteiger partial charge in [0, 0.05) is 63.4 Å². The summed E-state index contributed by atoms with van der Waals surface area (Å²) in [5.74, 6) is 1.57. The molecule has 0 aliphatic carbocycles.